The number of nitrogens with one attached hydrogen (secondary N) is 2. The highest BCUT2D eigenvalue weighted by Gasteiger charge is 2.21. The van der Waals surface area contributed by atoms with E-state index < -0.39 is 5.82 Å². The van der Waals surface area contributed by atoms with Crippen LogP contribution in [0.4, 0.5) is 4.39 Å². The standard InChI is InChI=1S/C26H23FN2O4S/c27-21-11-5-12-22-23(21)20(16-33-19-9-2-1-3-10-19)24(34-22)26(32)29-14-6-13-28-25(31)17-7-4-8-18(30)15-17/h1-5,7-12,15,30H,6,13-14,16H2,(H,28,31)(H,29,32). The van der Waals surface area contributed by atoms with Gasteiger partial charge in [0.25, 0.3) is 11.8 Å². The summed E-state index contributed by atoms with van der Waals surface area (Å²) < 4.78 is 21.1. The first-order valence-electron chi connectivity index (χ1n) is 10.8. The molecule has 0 aliphatic rings. The van der Waals surface area contributed by atoms with Gasteiger partial charge in [-0.15, -0.1) is 11.3 Å². The van der Waals surface area contributed by atoms with E-state index in [-0.39, 0.29) is 24.2 Å². The van der Waals surface area contributed by atoms with E-state index in [0.29, 0.717) is 51.4 Å². The summed E-state index contributed by atoms with van der Waals surface area (Å²) in [5.41, 5.74) is 0.871. The summed E-state index contributed by atoms with van der Waals surface area (Å²) in [4.78, 5) is 25.4. The third kappa shape index (κ3) is 5.52. The van der Waals surface area contributed by atoms with E-state index in [0.717, 1.165) is 0 Å². The minimum atomic E-state index is -0.394. The highest BCUT2D eigenvalue weighted by molar-refractivity contribution is 7.21. The number of fused-ring (bicyclic) bond motifs is 1. The number of thiophene rings is 1. The molecule has 6 nitrogen and oxygen atoms in total. The van der Waals surface area contributed by atoms with Crippen molar-refractivity contribution in [2.45, 2.75) is 13.0 Å². The van der Waals surface area contributed by atoms with E-state index in [1.807, 2.05) is 18.2 Å². The summed E-state index contributed by atoms with van der Waals surface area (Å²) in [7, 11) is 0. The van der Waals surface area contributed by atoms with Crippen LogP contribution >= 0.6 is 11.3 Å². The van der Waals surface area contributed by atoms with Crippen molar-refractivity contribution in [3.8, 4) is 11.5 Å². The number of para-hydroxylation sites is 1. The second-order valence-corrected chi connectivity index (χ2v) is 8.59. The first-order chi connectivity index (χ1) is 16.5. The molecule has 0 spiro atoms. The van der Waals surface area contributed by atoms with Crippen LogP contribution in [0.2, 0.25) is 0 Å². The lowest BCUT2D eigenvalue weighted by Gasteiger charge is -2.09. The van der Waals surface area contributed by atoms with E-state index in [1.54, 1.807) is 36.4 Å². The summed E-state index contributed by atoms with van der Waals surface area (Å²) in [6.07, 6.45) is 0.505. The molecule has 174 valence electrons. The molecule has 0 aliphatic heterocycles. The zero-order chi connectivity index (χ0) is 23.9. The van der Waals surface area contributed by atoms with Gasteiger partial charge >= 0.3 is 0 Å². The number of phenols is 1. The van der Waals surface area contributed by atoms with Crippen molar-refractivity contribution in [2.24, 2.45) is 0 Å². The molecule has 0 saturated carbocycles. The van der Waals surface area contributed by atoms with Gasteiger partial charge in [-0.2, -0.15) is 0 Å². The highest BCUT2D eigenvalue weighted by Crippen LogP contribution is 2.34. The average Bonchev–Trinajstić information content (AvgIpc) is 3.23. The Hall–Kier alpha value is -3.91. The number of hydrogen-bond acceptors (Lipinski definition) is 5. The van der Waals surface area contributed by atoms with E-state index in [9.17, 15) is 19.1 Å². The third-order valence-electron chi connectivity index (χ3n) is 5.13. The molecule has 4 aromatic rings. The minimum absolute atomic E-state index is 0.0201. The lowest BCUT2D eigenvalue weighted by molar-refractivity contribution is 0.0952. The van der Waals surface area contributed by atoms with Gasteiger partial charge < -0.3 is 20.5 Å². The molecule has 0 fully saturated rings. The van der Waals surface area contributed by atoms with Crippen LogP contribution in [-0.4, -0.2) is 30.0 Å². The number of ether oxygens (including phenoxy) is 1. The van der Waals surface area contributed by atoms with Crippen LogP contribution in [0.15, 0.2) is 72.8 Å². The van der Waals surface area contributed by atoms with E-state index in [4.69, 9.17) is 4.74 Å². The molecule has 3 N–H and O–H groups in total. The fourth-order valence-electron chi connectivity index (χ4n) is 3.48. The Morgan fingerprint density at radius 1 is 0.912 bits per heavy atom. The zero-order valence-electron chi connectivity index (χ0n) is 18.2. The van der Waals surface area contributed by atoms with Crippen LogP contribution < -0.4 is 15.4 Å². The molecule has 1 aromatic heterocycles. The summed E-state index contributed by atoms with van der Waals surface area (Å²) in [6, 6.07) is 20.0. The van der Waals surface area contributed by atoms with Crippen molar-refractivity contribution in [1.82, 2.24) is 10.6 Å². The first-order valence-corrected chi connectivity index (χ1v) is 11.6. The number of carbonyl (C=O) groups is 2. The summed E-state index contributed by atoms with van der Waals surface area (Å²) in [5, 5.41) is 15.5. The van der Waals surface area contributed by atoms with Crippen molar-refractivity contribution in [1.29, 1.82) is 0 Å². The van der Waals surface area contributed by atoms with Gasteiger partial charge in [0.2, 0.25) is 0 Å². The highest BCUT2D eigenvalue weighted by atomic mass is 32.1. The molecule has 4 rings (SSSR count). The van der Waals surface area contributed by atoms with Crippen LogP contribution in [0.5, 0.6) is 11.5 Å². The van der Waals surface area contributed by atoms with Crippen molar-refractivity contribution in [3.63, 3.8) is 0 Å². The Labute approximate surface area is 200 Å². The van der Waals surface area contributed by atoms with E-state index >= 15 is 0 Å². The zero-order valence-corrected chi connectivity index (χ0v) is 19.0. The second kappa shape index (κ2) is 10.8. The maximum atomic E-state index is 14.6. The number of phenolic OH excluding ortho intramolecular Hbond substituents is 1. The molecule has 34 heavy (non-hydrogen) atoms. The molecule has 0 saturated heterocycles. The Morgan fingerprint density at radius 3 is 2.41 bits per heavy atom. The van der Waals surface area contributed by atoms with Gasteiger partial charge in [-0.25, -0.2) is 4.39 Å². The lowest BCUT2D eigenvalue weighted by Crippen LogP contribution is -2.30. The third-order valence-corrected chi connectivity index (χ3v) is 6.32. The van der Waals surface area contributed by atoms with Crippen molar-refractivity contribution >= 4 is 33.2 Å². The van der Waals surface area contributed by atoms with Gasteiger partial charge in [-0.3, -0.25) is 9.59 Å². The molecular weight excluding hydrogens is 455 g/mol. The second-order valence-electron chi connectivity index (χ2n) is 7.54. The number of benzene rings is 3. The maximum absolute atomic E-state index is 14.6. The predicted molar refractivity (Wildman–Crippen MR) is 130 cm³/mol. The van der Waals surface area contributed by atoms with Crippen molar-refractivity contribution < 1.29 is 23.8 Å². The monoisotopic (exact) mass is 478 g/mol. The van der Waals surface area contributed by atoms with Crippen LogP contribution in [-0.2, 0) is 6.61 Å². The summed E-state index contributed by atoms with van der Waals surface area (Å²) >= 11 is 1.22. The van der Waals surface area contributed by atoms with Gasteiger partial charge in [0, 0.05) is 34.3 Å². The smallest absolute Gasteiger partial charge is 0.261 e. The number of rotatable bonds is 9. The largest absolute Gasteiger partial charge is 0.508 e. The number of carbonyl (C=O) groups excluding carboxylic acids is 2. The molecule has 0 radical (unpaired) electrons. The molecule has 0 bridgehead atoms. The van der Waals surface area contributed by atoms with Gasteiger partial charge in [0.1, 0.15) is 23.9 Å². The molecule has 0 atom stereocenters. The Balaban J connectivity index is 1.38. The predicted octanol–water partition coefficient (Wildman–Crippen LogP) is 4.87. The lowest BCUT2D eigenvalue weighted by atomic mass is 10.1. The van der Waals surface area contributed by atoms with Gasteiger partial charge in [-0.05, 0) is 48.9 Å². The Kier molecular flexibility index (Phi) is 7.39. The molecule has 1 heterocycles. The number of aromatic hydroxyl groups is 1. The Morgan fingerprint density at radius 2 is 1.65 bits per heavy atom. The SMILES string of the molecule is O=C(NCCCNC(=O)c1sc2cccc(F)c2c1COc1ccccc1)c1cccc(O)c1. The summed E-state index contributed by atoms with van der Waals surface area (Å²) in [6.45, 7) is 0.738. The molecule has 3 aromatic carbocycles. The number of hydrogen-bond donors (Lipinski definition) is 3. The van der Waals surface area contributed by atoms with E-state index in [2.05, 4.69) is 10.6 Å². The molecule has 0 aliphatic carbocycles. The van der Waals surface area contributed by atoms with Crippen LogP contribution in [0.25, 0.3) is 10.1 Å². The van der Waals surface area contributed by atoms with Gasteiger partial charge in [0.05, 0.1) is 4.88 Å². The van der Waals surface area contributed by atoms with E-state index in [1.165, 1.54) is 29.5 Å². The first kappa shape index (κ1) is 23.3. The van der Waals surface area contributed by atoms with Gasteiger partial charge in [0.15, 0.2) is 0 Å². The maximum Gasteiger partial charge on any atom is 0.261 e. The van der Waals surface area contributed by atoms with Crippen molar-refractivity contribution in [2.75, 3.05) is 13.1 Å². The number of halogens is 1. The normalized spacial score (nSPS) is 10.7. The quantitative estimate of drug-likeness (QED) is 0.300. The fourth-order valence-corrected chi connectivity index (χ4v) is 4.62. The number of amides is 2. The summed E-state index contributed by atoms with van der Waals surface area (Å²) in [5.74, 6) is -0.359. The molecule has 2 amide bonds. The van der Waals surface area contributed by atoms with Crippen LogP contribution in [0.3, 0.4) is 0 Å². The van der Waals surface area contributed by atoms with Crippen LogP contribution in [0.1, 0.15) is 32.0 Å². The van der Waals surface area contributed by atoms with Gasteiger partial charge in [-0.1, -0.05) is 30.3 Å². The molecule has 8 heteroatoms. The van der Waals surface area contributed by atoms with Crippen LogP contribution in [0, 0.1) is 5.82 Å². The average molecular weight is 479 g/mol. The molecule has 0 unspecified atom stereocenters. The topological polar surface area (TPSA) is 87.7 Å². The molecular formula is C26H23FN2O4S. The minimum Gasteiger partial charge on any atom is -0.508 e. The Bertz CT molecular complexity index is 1310. The van der Waals surface area contributed by atoms with Crippen molar-refractivity contribution in [3.05, 3.63) is 94.6 Å². The fraction of sp³-hybridized carbons (Fsp3) is 0.154.